The van der Waals surface area contributed by atoms with Gasteiger partial charge in [-0.3, -0.25) is 10.1 Å². The van der Waals surface area contributed by atoms with Crippen LogP contribution in [0.4, 0.5) is 0 Å². The molecule has 0 radical (unpaired) electrons. The van der Waals surface area contributed by atoms with E-state index >= 15 is 0 Å². The van der Waals surface area contributed by atoms with E-state index < -0.39 is 49.3 Å². The fraction of sp³-hybridized carbons (Fsp3) is 0.533. The lowest BCUT2D eigenvalue weighted by molar-refractivity contribution is -0.158. The van der Waals surface area contributed by atoms with E-state index in [2.05, 4.69) is 5.32 Å². The average molecular weight is 327 g/mol. The average Bonchev–Trinajstić information content (AvgIpc) is 2.80. The van der Waals surface area contributed by atoms with Crippen molar-refractivity contribution in [1.82, 2.24) is 5.32 Å². The molecular weight excluding hydrogens is 306 g/mol. The van der Waals surface area contributed by atoms with Gasteiger partial charge in [0.2, 0.25) is 0 Å². The zero-order chi connectivity index (χ0) is 17.0. The normalized spacial score (nSPS) is 31.9. The maximum atomic E-state index is 11.5. The molecule has 0 spiro atoms. The predicted octanol–water partition coefficient (Wildman–Crippen LogP) is -1.93. The minimum atomic E-state index is -1.86. The third-order valence-corrected chi connectivity index (χ3v) is 3.96. The molecule has 1 aromatic rings. The lowest BCUT2D eigenvalue weighted by atomic mass is 9.99. The van der Waals surface area contributed by atoms with Gasteiger partial charge < -0.3 is 30.3 Å². The highest BCUT2D eigenvalue weighted by atomic mass is 16.6. The van der Waals surface area contributed by atoms with Gasteiger partial charge in [0.05, 0.1) is 13.2 Å². The summed E-state index contributed by atoms with van der Waals surface area (Å²) in [6.45, 7) is -1.33. The molecule has 128 valence electrons. The predicted molar refractivity (Wildman–Crippen MR) is 78.5 cm³/mol. The van der Waals surface area contributed by atoms with Crippen LogP contribution in [0.1, 0.15) is 5.56 Å². The lowest BCUT2D eigenvalue weighted by Gasteiger charge is -2.34. The monoisotopic (exact) mass is 327 g/mol. The van der Waals surface area contributed by atoms with Crippen LogP contribution in [-0.2, 0) is 16.0 Å². The van der Waals surface area contributed by atoms with Crippen LogP contribution in [0, 0.1) is 0 Å². The first-order chi connectivity index (χ1) is 10.9. The Morgan fingerprint density at radius 2 is 1.91 bits per heavy atom. The topological polar surface area (TPSA) is 139 Å². The molecular formula is C15H21NO7. The van der Waals surface area contributed by atoms with Crippen LogP contribution in [-0.4, -0.2) is 74.8 Å². The second-order valence-electron chi connectivity index (χ2n) is 5.55. The number of nitrogens with one attached hydrogen (secondary N) is 1. The first kappa shape index (κ1) is 17.8. The van der Waals surface area contributed by atoms with Gasteiger partial charge in [0.1, 0.15) is 24.4 Å². The van der Waals surface area contributed by atoms with Crippen molar-refractivity contribution in [3.63, 3.8) is 0 Å². The van der Waals surface area contributed by atoms with Crippen molar-refractivity contribution in [2.24, 2.45) is 0 Å². The van der Waals surface area contributed by atoms with Gasteiger partial charge in [0.25, 0.3) is 0 Å². The van der Waals surface area contributed by atoms with Gasteiger partial charge in [0.15, 0.2) is 5.72 Å². The fourth-order valence-electron chi connectivity index (χ4n) is 2.67. The highest BCUT2D eigenvalue weighted by molar-refractivity contribution is 5.74. The van der Waals surface area contributed by atoms with Crippen LogP contribution in [0.25, 0.3) is 0 Å². The highest BCUT2D eigenvalue weighted by Crippen LogP contribution is 2.29. The summed E-state index contributed by atoms with van der Waals surface area (Å²) in [5, 5.41) is 50.6. The zero-order valence-electron chi connectivity index (χ0n) is 12.4. The third kappa shape index (κ3) is 3.69. The van der Waals surface area contributed by atoms with Crippen molar-refractivity contribution in [3.05, 3.63) is 35.9 Å². The van der Waals surface area contributed by atoms with Gasteiger partial charge >= 0.3 is 5.97 Å². The molecule has 0 aliphatic carbocycles. The third-order valence-electron chi connectivity index (χ3n) is 3.96. The Labute approximate surface area is 133 Å². The van der Waals surface area contributed by atoms with Gasteiger partial charge in [-0.15, -0.1) is 0 Å². The molecule has 23 heavy (non-hydrogen) atoms. The molecule has 1 aliphatic heterocycles. The number of aliphatic carboxylic acids is 1. The number of carboxylic acids is 1. The minimum absolute atomic E-state index is 0.0912. The molecule has 0 bridgehead atoms. The minimum Gasteiger partial charge on any atom is -0.480 e. The van der Waals surface area contributed by atoms with Gasteiger partial charge in [0, 0.05) is 0 Å². The summed E-state index contributed by atoms with van der Waals surface area (Å²) in [4.78, 5) is 11.5. The highest BCUT2D eigenvalue weighted by Gasteiger charge is 2.55. The van der Waals surface area contributed by atoms with E-state index in [1.165, 1.54) is 0 Å². The SMILES string of the molecule is O=C(O)[C@H](Cc1ccccc1)NC1(CO)O[C@H](CO)[C@@H](O)[C@@H]1O. The molecule has 1 saturated heterocycles. The lowest BCUT2D eigenvalue weighted by Crippen LogP contribution is -2.62. The Hall–Kier alpha value is -1.55. The molecule has 1 heterocycles. The molecule has 1 aromatic carbocycles. The van der Waals surface area contributed by atoms with Crippen molar-refractivity contribution in [3.8, 4) is 0 Å². The largest absolute Gasteiger partial charge is 0.480 e. The zero-order valence-corrected chi connectivity index (χ0v) is 12.4. The first-order valence-electron chi connectivity index (χ1n) is 7.23. The number of carboxylic acid groups (broad SMARTS) is 1. The number of rotatable bonds is 7. The maximum Gasteiger partial charge on any atom is 0.321 e. The van der Waals surface area contributed by atoms with Gasteiger partial charge in [-0.05, 0) is 12.0 Å². The smallest absolute Gasteiger partial charge is 0.321 e. The van der Waals surface area contributed by atoms with E-state index in [-0.39, 0.29) is 6.42 Å². The Morgan fingerprint density at radius 3 is 2.39 bits per heavy atom. The number of benzene rings is 1. The van der Waals surface area contributed by atoms with Crippen LogP contribution < -0.4 is 5.32 Å². The number of ether oxygens (including phenoxy) is 1. The summed E-state index contributed by atoms with van der Waals surface area (Å²) < 4.78 is 5.32. The molecule has 1 fully saturated rings. The van der Waals surface area contributed by atoms with E-state index in [0.717, 1.165) is 5.56 Å². The van der Waals surface area contributed by atoms with Crippen LogP contribution in [0.3, 0.4) is 0 Å². The second-order valence-corrected chi connectivity index (χ2v) is 5.55. The van der Waals surface area contributed by atoms with E-state index in [4.69, 9.17) is 9.84 Å². The van der Waals surface area contributed by atoms with Crippen LogP contribution in [0.5, 0.6) is 0 Å². The van der Waals surface area contributed by atoms with Gasteiger partial charge in [-0.25, -0.2) is 0 Å². The number of aliphatic hydroxyl groups excluding tert-OH is 4. The Kier molecular flexibility index (Phi) is 5.69. The van der Waals surface area contributed by atoms with Crippen LogP contribution in [0.15, 0.2) is 30.3 Å². The fourth-order valence-corrected chi connectivity index (χ4v) is 2.67. The van der Waals surface area contributed by atoms with E-state index in [1.807, 2.05) is 0 Å². The standard InChI is InChI=1S/C15H21NO7/c17-7-11-12(19)13(20)15(8-18,23-11)16-10(14(21)22)6-9-4-2-1-3-5-9/h1-5,10-13,16-20H,6-8H2,(H,21,22)/t10-,11+,12+,13-,15?/m0/s1. The first-order valence-corrected chi connectivity index (χ1v) is 7.23. The summed E-state index contributed by atoms with van der Waals surface area (Å²) in [7, 11) is 0. The number of hydrogen-bond acceptors (Lipinski definition) is 7. The summed E-state index contributed by atoms with van der Waals surface area (Å²) in [5.74, 6) is -1.19. The molecule has 2 rings (SSSR count). The van der Waals surface area contributed by atoms with Crippen LogP contribution >= 0.6 is 0 Å². The van der Waals surface area contributed by atoms with Crippen molar-refractivity contribution in [2.45, 2.75) is 36.5 Å². The van der Waals surface area contributed by atoms with E-state index in [9.17, 15) is 25.2 Å². The Morgan fingerprint density at radius 1 is 1.26 bits per heavy atom. The molecule has 5 atom stereocenters. The quantitative estimate of drug-likeness (QED) is 0.340. The molecule has 0 saturated carbocycles. The summed E-state index contributed by atoms with van der Waals surface area (Å²) in [6.07, 6.45) is -4.04. The maximum absolute atomic E-state index is 11.5. The molecule has 0 amide bonds. The molecule has 1 unspecified atom stereocenters. The molecule has 8 nitrogen and oxygen atoms in total. The van der Waals surface area contributed by atoms with Crippen LogP contribution in [0.2, 0.25) is 0 Å². The van der Waals surface area contributed by atoms with Gasteiger partial charge in [-0.2, -0.15) is 0 Å². The molecule has 0 aromatic heterocycles. The summed E-state index contributed by atoms with van der Waals surface area (Å²) >= 11 is 0. The summed E-state index contributed by atoms with van der Waals surface area (Å²) in [5.41, 5.74) is -1.11. The van der Waals surface area contributed by atoms with E-state index in [1.54, 1.807) is 30.3 Å². The second kappa shape index (κ2) is 7.35. The van der Waals surface area contributed by atoms with E-state index in [0.29, 0.717) is 0 Å². The van der Waals surface area contributed by atoms with Crippen molar-refractivity contribution >= 4 is 5.97 Å². The number of carbonyl (C=O) groups is 1. The van der Waals surface area contributed by atoms with Gasteiger partial charge in [-0.1, -0.05) is 30.3 Å². The number of hydrogen-bond donors (Lipinski definition) is 6. The number of aliphatic hydroxyl groups is 4. The molecule has 6 N–H and O–H groups in total. The van der Waals surface area contributed by atoms with Crippen molar-refractivity contribution in [1.29, 1.82) is 0 Å². The molecule has 1 aliphatic rings. The van der Waals surface area contributed by atoms with Crippen molar-refractivity contribution < 1.29 is 35.1 Å². The van der Waals surface area contributed by atoms with Crippen molar-refractivity contribution in [2.75, 3.05) is 13.2 Å². The summed E-state index contributed by atoms with van der Waals surface area (Å²) in [6, 6.07) is 7.67. The molecule has 8 heteroatoms. The Bertz CT molecular complexity index is 526. The Balaban J connectivity index is 2.19.